The molecule has 6 heteroatoms. The van der Waals surface area contributed by atoms with Gasteiger partial charge in [0.2, 0.25) is 0 Å². The maximum Gasteiger partial charge on any atom is 0.337 e. The number of carboxylic acid groups (broad SMARTS) is 1. The zero-order valence-electron chi connectivity index (χ0n) is 13.1. The van der Waals surface area contributed by atoms with E-state index in [1.54, 1.807) is 47.5 Å². The smallest absolute Gasteiger partial charge is 0.337 e. The second-order valence-electron chi connectivity index (χ2n) is 5.76. The van der Waals surface area contributed by atoms with Gasteiger partial charge in [0.15, 0.2) is 0 Å². The summed E-state index contributed by atoms with van der Waals surface area (Å²) < 4.78 is 0. The molecule has 6 nitrogen and oxygen atoms in total. The van der Waals surface area contributed by atoms with Crippen LogP contribution in [0.5, 0.6) is 0 Å². The number of nitrogens with zero attached hydrogens (tertiary/aromatic N) is 1. The minimum atomic E-state index is -0.995. The van der Waals surface area contributed by atoms with Gasteiger partial charge in [0.05, 0.1) is 16.8 Å². The molecule has 1 unspecified atom stereocenters. The van der Waals surface area contributed by atoms with E-state index in [0.717, 1.165) is 11.4 Å². The Labute approximate surface area is 144 Å². The number of nitrogens with one attached hydrogen (secondary N) is 2. The molecule has 1 amide bonds. The minimum Gasteiger partial charge on any atom is -0.478 e. The normalized spacial score (nSPS) is 17.9. The van der Waals surface area contributed by atoms with Crippen molar-refractivity contribution in [3.8, 4) is 0 Å². The van der Waals surface area contributed by atoms with Gasteiger partial charge in [-0.05, 0) is 36.4 Å². The van der Waals surface area contributed by atoms with Crippen molar-refractivity contribution >= 4 is 23.3 Å². The fourth-order valence-corrected chi connectivity index (χ4v) is 2.98. The highest BCUT2D eigenvalue weighted by molar-refractivity contribution is 6.02. The van der Waals surface area contributed by atoms with Crippen LogP contribution in [0, 0.1) is 0 Å². The van der Waals surface area contributed by atoms with Crippen molar-refractivity contribution in [1.82, 2.24) is 4.90 Å². The number of rotatable bonds is 3. The Morgan fingerprint density at radius 2 is 1.88 bits per heavy atom. The molecule has 2 aromatic rings. The van der Waals surface area contributed by atoms with Gasteiger partial charge in [-0.1, -0.05) is 24.3 Å². The summed E-state index contributed by atoms with van der Waals surface area (Å²) in [5.74, 6) is -1.07. The van der Waals surface area contributed by atoms with Crippen LogP contribution in [-0.2, 0) is 0 Å². The van der Waals surface area contributed by atoms with Crippen molar-refractivity contribution in [2.75, 3.05) is 10.6 Å². The minimum absolute atomic E-state index is 0.0724. The lowest BCUT2D eigenvalue weighted by atomic mass is 10.1. The van der Waals surface area contributed by atoms with Crippen molar-refractivity contribution in [1.29, 1.82) is 0 Å². The third-order valence-electron chi connectivity index (χ3n) is 4.18. The molecule has 2 heterocycles. The summed E-state index contributed by atoms with van der Waals surface area (Å²) in [5, 5.41) is 15.7. The molecule has 0 bridgehead atoms. The number of hydrogen-bond acceptors (Lipinski definition) is 4. The summed E-state index contributed by atoms with van der Waals surface area (Å²) in [6.45, 7) is 0. The number of aromatic carboxylic acids is 1. The Hall–Kier alpha value is -3.54. The molecule has 1 atom stereocenters. The number of benzene rings is 2. The number of para-hydroxylation sites is 2. The fraction of sp³-hybridized carbons (Fsp3) is 0.0526. The van der Waals surface area contributed by atoms with Gasteiger partial charge in [-0.2, -0.15) is 0 Å². The van der Waals surface area contributed by atoms with Crippen molar-refractivity contribution in [2.24, 2.45) is 0 Å². The topological polar surface area (TPSA) is 81.7 Å². The van der Waals surface area contributed by atoms with Gasteiger partial charge in [0.1, 0.15) is 6.17 Å². The lowest BCUT2D eigenvalue weighted by Gasteiger charge is -2.36. The number of allylic oxidation sites excluding steroid dienone is 1. The second kappa shape index (κ2) is 5.83. The zero-order chi connectivity index (χ0) is 17.4. The molecule has 0 saturated heterocycles. The average Bonchev–Trinajstić information content (AvgIpc) is 2.62. The Balaban J connectivity index is 1.63. The van der Waals surface area contributed by atoms with E-state index in [0.29, 0.717) is 11.3 Å². The lowest BCUT2D eigenvalue weighted by molar-refractivity contribution is 0.0697. The van der Waals surface area contributed by atoms with Crippen molar-refractivity contribution in [2.45, 2.75) is 6.17 Å². The summed E-state index contributed by atoms with van der Waals surface area (Å²) >= 11 is 0. The molecule has 2 aliphatic heterocycles. The molecule has 2 aliphatic rings. The van der Waals surface area contributed by atoms with Gasteiger partial charge < -0.3 is 15.7 Å². The number of hydrogen-bond donors (Lipinski definition) is 3. The number of carbonyl (C=O) groups excluding carboxylic acids is 1. The van der Waals surface area contributed by atoms with Crippen LogP contribution in [0.2, 0.25) is 0 Å². The number of anilines is 2. The van der Waals surface area contributed by atoms with E-state index >= 15 is 0 Å². The second-order valence-corrected chi connectivity index (χ2v) is 5.76. The highest BCUT2D eigenvalue weighted by Gasteiger charge is 2.31. The van der Waals surface area contributed by atoms with Crippen LogP contribution in [0.4, 0.5) is 11.4 Å². The Bertz CT molecular complexity index is 933. The maximum atomic E-state index is 12.6. The number of fused-ring (bicyclic) bond motifs is 2. The lowest BCUT2D eigenvalue weighted by Crippen LogP contribution is -2.46. The molecule has 0 aromatic heterocycles. The van der Waals surface area contributed by atoms with Gasteiger partial charge >= 0.3 is 5.97 Å². The van der Waals surface area contributed by atoms with Crippen molar-refractivity contribution < 1.29 is 14.7 Å². The summed E-state index contributed by atoms with van der Waals surface area (Å²) in [6.07, 6.45) is 4.98. The SMILES string of the molecule is O=C(O)c1ccccc1NC1=CC2Nc3ccccc3C(=O)N2C=C1. The van der Waals surface area contributed by atoms with Crippen molar-refractivity contribution in [3.63, 3.8) is 0 Å². The number of carbonyl (C=O) groups is 2. The van der Waals surface area contributed by atoms with Crippen LogP contribution in [0.3, 0.4) is 0 Å². The first-order valence-electron chi connectivity index (χ1n) is 7.81. The van der Waals surface area contributed by atoms with E-state index < -0.39 is 5.97 Å². The van der Waals surface area contributed by atoms with Crippen molar-refractivity contribution in [3.05, 3.63) is 83.7 Å². The van der Waals surface area contributed by atoms with E-state index in [1.807, 2.05) is 24.3 Å². The molecule has 0 fully saturated rings. The first kappa shape index (κ1) is 15.0. The highest BCUT2D eigenvalue weighted by Crippen LogP contribution is 2.29. The summed E-state index contributed by atoms with van der Waals surface area (Å²) in [5.41, 5.74) is 2.82. The predicted octanol–water partition coefficient (Wildman–Crippen LogP) is 3.10. The van der Waals surface area contributed by atoms with Crippen LogP contribution in [0.15, 0.2) is 72.6 Å². The number of amides is 1. The van der Waals surface area contributed by atoms with E-state index in [2.05, 4.69) is 10.6 Å². The van der Waals surface area contributed by atoms with Gasteiger partial charge in [0.25, 0.3) is 5.91 Å². The van der Waals surface area contributed by atoms with Crippen LogP contribution in [-0.4, -0.2) is 28.0 Å². The van der Waals surface area contributed by atoms with E-state index in [9.17, 15) is 14.7 Å². The Morgan fingerprint density at radius 1 is 1.12 bits per heavy atom. The van der Waals surface area contributed by atoms with Crippen LogP contribution in [0.1, 0.15) is 20.7 Å². The largest absolute Gasteiger partial charge is 0.478 e. The van der Waals surface area contributed by atoms with Gasteiger partial charge in [-0.15, -0.1) is 0 Å². The molecule has 25 heavy (non-hydrogen) atoms. The van der Waals surface area contributed by atoms with E-state index in [-0.39, 0.29) is 17.6 Å². The van der Waals surface area contributed by atoms with Crippen LogP contribution in [0.25, 0.3) is 0 Å². The van der Waals surface area contributed by atoms with Crippen LogP contribution < -0.4 is 10.6 Å². The Morgan fingerprint density at radius 3 is 2.72 bits per heavy atom. The molecule has 0 radical (unpaired) electrons. The van der Waals surface area contributed by atoms with E-state index in [1.165, 1.54) is 0 Å². The third-order valence-corrected chi connectivity index (χ3v) is 4.18. The van der Waals surface area contributed by atoms with E-state index in [4.69, 9.17) is 0 Å². The molecule has 3 N–H and O–H groups in total. The summed E-state index contributed by atoms with van der Waals surface area (Å²) in [7, 11) is 0. The average molecular weight is 333 g/mol. The standard InChI is InChI=1S/C19H15N3O3/c23-18-13-5-1-3-7-15(13)21-17-11-12(9-10-22(17)18)20-16-8-4-2-6-14(16)19(24)25/h1-11,17,20-21H,(H,24,25). The molecule has 4 rings (SSSR count). The zero-order valence-corrected chi connectivity index (χ0v) is 13.1. The monoisotopic (exact) mass is 333 g/mol. The first-order chi connectivity index (χ1) is 12.1. The quantitative estimate of drug-likeness (QED) is 0.804. The summed E-state index contributed by atoms with van der Waals surface area (Å²) in [6, 6.07) is 14.1. The van der Waals surface area contributed by atoms with Gasteiger partial charge in [-0.3, -0.25) is 9.69 Å². The molecule has 0 spiro atoms. The molecular weight excluding hydrogens is 318 g/mol. The summed E-state index contributed by atoms with van der Waals surface area (Å²) in [4.78, 5) is 25.5. The van der Waals surface area contributed by atoms with Crippen LogP contribution >= 0.6 is 0 Å². The molecule has 0 saturated carbocycles. The predicted molar refractivity (Wildman–Crippen MR) is 94.3 cm³/mol. The molecule has 0 aliphatic carbocycles. The first-order valence-corrected chi connectivity index (χ1v) is 7.81. The fourth-order valence-electron chi connectivity index (χ4n) is 2.98. The maximum absolute atomic E-state index is 12.6. The Kier molecular flexibility index (Phi) is 3.50. The van der Waals surface area contributed by atoms with Gasteiger partial charge in [0, 0.05) is 17.6 Å². The van der Waals surface area contributed by atoms with Gasteiger partial charge in [-0.25, -0.2) is 4.79 Å². The highest BCUT2D eigenvalue weighted by atomic mass is 16.4. The molecular formula is C19H15N3O3. The molecule has 124 valence electrons. The number of carboxylic acids is 1. The third kappa shape index (κ3) is 2.63. The molecule has 2 aromatic carbocycles.